The summed E-state index contributed by atoms with van der Waals surface area (Å²) in [5.41, 5.74) is -0.305. The zero-order valence-corrected chi connectivity index (χ0v) is 12.5. The van der Waals surface area contributed by atoms with Crippen LogP contribution in [0, 0.1) is 0 Å². The summed E-state index contributed by atoms with van der Waals surface area (Å²) < 4.78 is 26.6. The number of aryl methyl sites for hydroxylation is 1. The van der Waals surface area contributed by atoms with Gasteiger partial charge in [0, 0.05) is 11.4 Å². The summed E-state index contributed by atoms with van der Waals surface area (Å²) in [6, 6.07) is 3.83. The van der Waals surface area contributed by atoms with Crippen molar-refractivity contribution in [2.24, 2.45) is 0 Å². The van der Waals surface area contributed by atoms with Gasteiger partial charge in [-0.25, -0.2) is 9.78 Å². The van der Waals surface area contributed by atoms with Crippen molar-refractivity contribution < 1.29 is 18.3 Å². The summed E-state index contributed by atoms with van der Waals surface area (Å²) in [6.07, 6.45) is 1.72. The molecule has 9 heteroatoms. The number of imidazole rings is 1. The Morgan fingerprint density at radius 1 is 1.48 bits per heavy atom. The van der Waals surface area contributed by atoms with Crippen LogP contribution in [0.25, 0.3) is 0 Å². The lowest BCUT2D eigenvalue weighted by atomic mass is 10.2. The van der Waals surface area contributed by atoms with E-state index in [1.54, 1.807) is 0 Å². The lowest BCUT2D eigenvalue weighted by molar-refractivity contribution is 0.0698. The Morgan fingerprint density at radius 3 is 2.76 bits per heavy atom. The minimum atomic E-state index is -3.97. The van der Waals surface area contributed by atoms with Gasteiger partial charge >= 0.3 is 5.97 Å². The van der Waals surface area contributed by atoms with Crippen molar-refractivity contribution in [3.63, 3.8) is 0 Å². The van der Waals surface area contributed by atoms with E-state index in [0.717, 1.165) is 0 Å². The predicted octanol–water partition coefficient (Wildman–Crippen LogP) is 2.12. The van der Waals surface area contributed by atoms with E-state index in [1.165, 1.54) is 24.4 Å². The summed E-state index contributed by atoms with van der Waals surface area (Å²) in [4.78, 5) is 17.7. The van der Waals surface area contributed by atoms with Crippen LogP contribution in [0.5, 0.6) is 0 Å². The van der Waals surface area contributed by atoms with Gasteiger partial charge in [-0.3, -0.25) is 4.72 Å². The van der Waals surface area contributed by atoms with E-state index in [2.05, 4.69) is 14.7 Å². The maximum Gasteiger partial charge on any atom is 0.337 e. The van der Waals surface area contributed by atoms with Gasteiger partial charge in [0.05, 0.1) is 17.4 Å². The number of nitrogens with zero attached hydrogens (tertiary/aromatic N) is 1. The van der Waals surface area contributed by atoms with Crippen LogP contribution in [0.1, 0.15) is 23.1 Å². The SMILES string of the molecule is CCc1ncc(S(=O)(=O)Nc2cc(Cl)ccc2C(=O)O)[nH]1. The summed E-state index contributed by atoms with van der Waals surface area (Å²) in [7, 11) is -3.97. The van der Waals surface area contributed by atoms with Crippen LogP contribution in [-0.2, 0) is 16.4 Å². The molecular formula is C12H12ClN3O4S. The van der Waals surface area contributed by atoms with Gasteiger partial charge in [-0.1, -0.05) is 18.5 Å². The molecule has 0 radical (unpaired) electrons. The molecule has 0 spiro atoms. The molecular weight excluding hydrogens is 318 g/mol. The number of carboxylic acids is 1. The summed E-state index contributed by atoms with van der Waals surface area (Å²) >= 11 is 5.78. The highest BCUT2D eigenvalue weighted by Crippen LogP contribution is 2.23. The van der Waals surface area contributed by atoms with Crippen molar-refractivity contribution >= 4 is 33.3 Å². The number of sulfonamides is 1. The Hall–Kier alpha value is -2.06. The Bertz CT molecular complexity index is 786. The normalized spacial score (nSPS) is 11.3. The molecule has 2 aromatic rings. The van der Waals surface area contributed by atoms with Crippen LogP contribution >= 0.6 is 11.6 Å². The third-order valence-corrected chi connectivity index (χ3v) is 4.20. The van der Waals surface area contributed by atoms with Gasteiger partial charge in [-0.05, 0) is 18.2 Å². The maximum absolute atomic E-state index is 12.2. The highest BCUT2D eigenvalue weighted by Gasteiger charge is 2.20. The number of carbonyl (C=O) groups is 1. The van der Waals surface area contributed by atoms with Gasteiger partial charge in [0.25, 0.3) is 10.0 Å². The second-order valence-corrected chi connectivity index (χ2v) is 6.24. The Balaban J connectivity index is 2.41. The maximum atomic E-state index is 12.2. The monoisotopic (exact) mass is 329 g/mol. The van der Waals surface area contributed by atoms with E-state index in [1.807, 2.05) is 6.92 Å². The quantitative estimate of drug-likeness (QED) is 0.777. The first-order valence-corrected chi connectivity index (χ1v) is 7.79. The highest BCUT2D eigenvalue weighted by molar-refractivity contribution is 7.92. The fourth-order valence-corrected chi connectivity index (χ4v) is 2.83. The predicted molar refractivity (Wildman–Crippen MR) is 77.2 cm³/mol. The number of hydrogen-bond donors (Lipinski definition) is 3. The molecule has 2 rings (SSSR count). The molecule has 7 nitrogen and oxygen atoms in total. The third-order valence-electron chi connectivity index (χ3n) is 2.69. The first kappa shape index (κ1) is 15.3. The lowest BCUT2D eigenvalue weighted by Crippen LogP contribution is -2.16. The van der Waals surface area contributed by atoms with E-state index in [9.17, 15) is 13.2 Å². The van der Waals surface area contributed by atoms with Crippen molar-refractivity contribution in [3.05, 3.63) is 40.8 Å². The van der Waals surface area contributed by atoms with Crippen LogP contribution in [0.2, 0.25) is 5.02 Å². The lowest BCUT2D eigenvalue weighted by Gasteiger charge is -2.09. The fourth-order valence-electron chi connectivity index (χ4n) is 1.65. The van der Waals surface area contributed by atoms with Crippen LogP contribution in [0.4, 0.5) is 5.69 Å². The number of nitrogens with one attached hydrogen (secondary N) is 2. The van der Waals surface area contributed by atoms with Crippen LogP contribution in [0.15, 0.2) is 29.4 Å². The van der Waals surface area contributed by atoms with Gasteiger partial charge in [0.15, 0.2) is 5.03 Å². The summed E-state index contributed by atoms with van der Waals surface area (Å²) in [5, 5.41) is 9.14. The molecule has 112 valence electrons. The number of aromatic carboxylic acids is 1. The zero-order valence-electron chi connectivity index (χ0n) is 10.9. The molecule has 21 heavy (non-hydrogen) atoms. The van der Waals surface area contributed by atoms with E-state index in [-0.39, 0.29) is 21.3 Å². The van der Waals surface area contributed by atoms with E-state index >= 15 is 0 Å². The zero-order chi connectivity index (χ0) is 15.6. The number of aromatic nitrogens is 2. The van der Waals surface area contributed by atoms with Crippen molar-refractivity contribution in [3.8, 4) is 0 Å². The minimum absolute atomic E-state index is 0.109. The molecule has 0 amide bonds. The van der Waals surface area contributed by atoms with Crippen molar-refractivity contribution in [2.75, 3.05) is 4.72 Å². The number of H-pyrrole nitrogens is 1. The Morgan fingerprint density at radius 2 is 2.19 bits per heavy atom. The number of aromatic amines is 1. The molecule has 0 aliphatic carbocycles. The molecule has 0 bridgehead atoms. The van der Waals surface area contributed by atoms with Gasteiger partial charge < -0.3 is 10.1 Å². The number of hydrogen-bond acceptors (Lipinski definition) is 4. The number of rotatable bonds is 5. The van der Waals surface area contributed by atoms with Crippen molar-refractivity contribution in [2.45, 2.75) is 18.4 Å². The third kappa shape index (κ3) is 3.34. The van der Waals surface area contributed by atoms with Gasteiger partial charge in [0.1, 0.15) is 5.82 Å². The van der Waals surface area contributed by atoms with Gasteiger partial charge in [-0.2, -0.15) is 8.42 Å². The second kappa shape index (κ2) is 5.74. The molecule has 1 aromatic carbocycles. The number of halogens is 1. The average molecular weight is 330 g/mol. The molecule has 3 N–H and O–H groups in total. The molecule has 1 aromatic heterocycles. The molecule has 1 heterocycles. The first-order chi connectivity index (χ1) is 9.83. The first-order valence-electron chi connectivity index (χ1n) is 5.93. The molecule has 0 saturated carbocycles. The summed E-state index contributed by atoms with van der Waals surface area (Å²) in [6.45, 7) is 1.82. The van der Waals surface area contributed by atoms with Crippen LogP contribution < -0.4 is 4.72 Å². The second-order valence-electron chi connectivity index (χ2n) is 4.15. The molecule has 0 saturated heterocycles. The Kier molecular flexibility index (Phi) is 4.19. The standard InChI is InChI=1S/C12H12ClN3O4S/c1-2-10-14-6-11(15-10)21(19,20)16-9-5-7(13)3-4-8(9)12(17)18/h3-6,16H,2H2,1H3,(H,14,15)(H,17,18). The smallest absolute Gasteiger partial charge is 0.337 e. The number of carboxylic acid groups (broad SMARTS) is 1. The van der Waals surface area contributed by atoms with Crippen molar-refractivity contribution in [1.29, 1.82) is 0 Å². The molecule has 0 unspecified atom stereocenters. The summed E-state index contributed by atoms with van der Waals surface area (Å²) in [5.74, 6) is -0.747. The molecule has 0 aliphatic heterocycles. The topological polar surface area (TPSA) is 112 Å². The van der Waals surface area contributed by atoms with Gasteiger partial charge in [-0.15, -0.1) is 0 Å². The van der Waals surface area contributed by atoms with Crippen molar-refractivity contribution in [1.82, 2.24) is 9.97 Å². The fraction of sp³-hybridized carbons (Fsp3) is 0.167. The van der Waals surface area contributed by atoms with Crippen LogP contribution in [0.3, 0.4) is 0 Å². The number of anilines is 1. The highest BCUT2D eigenvalue weighted by atomic mass is 35.5. The molecule has 0 aliphatic rings. The van der Waals surface area contributed by atoms with E-state index in [0.29, 0.717) is 12.2 Å². The van der Waals surface area contributed by atoms with E-state index in [4.69, 9.17) is 16.7 Å². The molecule has 0 atom stereocenters. The van der Waals surface area contributed by atoms with Crippen LogP contribution in [-0.4, -0.2) is 29.5 Å². The molecule has 0 fully saturated rings. The largest absolute Gasteiger partial charge is 0.478 e. The average Bonchev–Trinajstić information content (AvgIpc) is 2.87. The van der Waals surface area contributed by atoms with E-state index < -0.39 is 16.0 Å². The van der Waals surface area contributed by atoms with Gasteiger partial charge in [0.2, 0.25) is 0 Å². The minimum Gasteiger partial charge on any atom is -0.478 e. The Labute approximate surface area is 126 Å². The number of benzene rings is 1.